The first-order valence-corrected chi connectivity index (χ1v) is 7.49. The van der Waals surface area contributed by atoms with Crippen molar-refractivity contribution in [3.63, 3.8) is 0 Å². The fourth-order valence-electron chi connectivity index (χ4n) is 3.15. The topological polar surface area (TPSA) is 27.6 Å². The van der Waals surface area contributed by atoms with Gasteiger partial charge in [-0.1, -0.05) is 23.9 Å². The fraction of sp³-hybridized carbons (Fsp3) is 0.500. The van der Waals surface area contributed by atoms with Crippen LogP contribution in [-0.2, 0) is 0 Å². The van der Waals surface area contributed by atoms with Gasteiger partial charge in [0.1, 0.15) is 5.66 Å². The van der Waals surface area contributed by atoms with Crippen molar-refractivity contribution >= 4 is 28.3 Å². The van der Waals surface area contributed by atoms with Gasteiger partial charge < -0.3 is 5.32 Å². The van der Waals surface area contributed by atoms with Gasteiger partial charge in [0.15, 0.2) is 5.17 Å². The Morgan fingerprint density at radius 3 is 2.72 bits per heavy atom. The third-order valence-corrected chi connectivity index (χ3v) is 4.23. The lowest BCUT2D eigenvalue weighted by atomic mass is 9.90. The predicted octanol–water partition coefficient (Wildman–Crippen LogP) is 3.54. The average Bonchev–Trinajstić information content (AvgIpc) is 2.57. The highest BCUT2D eigenvalue weighted by Gasteiger charge is 2.48. The number of para-hydroxylation sites is 2. The number of nitrogens with one attached hydrogen (secondary N) is 1. The van der Waals surface area contributed by atoms with Crippen molar-refractivity contribution in [2.24, 2.45) is 4.99 Å². The molecular formula is C14H19N3S. The molecule has 0 radical (unpaired) electrons. The second-order valence-corrected chi connectivity index (χ2v) is 6.61. The molecule has 2 aliphatic rings. The first kappa shape index (κ1) is 11.9. The monoisotopic (exact) mass is 261 g/mol. The number of hydrogen-bond donors (Lipinski definition) is 1. The number of amidine groups is 1. The smallest absolute Gasteiger partial charge is 0.165 e. The zero-order chi connectivity index (χ0) is 13.0. The van der Waals surface area contributed by atoms with E-state index in [9.17, 15) is 0 Å². The molecule has 4 heteroatoms. The van der Waals surface area contributed by atoms with E-state index in [1.54, 1.807) is 11.8 Å². The molecule has 0 saturated heterocycles. The van der Waals surface area contributed by atoms with E-state index in [2.05, 4.69) is 61.5 Å². The van der Waals surface area contributed by atoms with Gasteiger partial charge in [0.05, 0.1) is 16.9 Å². The molecular weight excluding hydrogens is 242 g/mol. The molecule has 0 aliphatic carbocycles. The quantitative estimate of drug-likeness (QED) is 0.774. The lowest BCUT2D eigenvalue weighted by Crippen LogP contribution is -2.57. The SMILES string of the molecule is CSC1=NC(C)(C)C[C@@]2(C)Nc3ccccc3N12. The van der Waals surface area contributed by atoms with E-state index in [1.807, 2.05) is 0 Å². The lowest BCUT2D eigenvalue weighted by Gasteiger charge is -2.45. The second-order valence-electron chi connectivity index (χ2n) is 5.84. The Morgan fingerprint density at radius 2 is 2.00 bits per heavy atom. The summed E-state index contributed by atoms with van der Waals surface area (Å²) >= 11 is 1.72. The van der Waals surface area contributed by atoms with E-state index in [-0.39, 0.29) is 11.2 Å². The zero-order valence-electron chi connectivity index (χ0n) is 11.3. The summed E-state index contributed by atoms with van der Waals surface area (Å²) in [6, 6.07) is 8.47. The van der Waals surface area contributed by atoms with Crippen LogP contribution in [0.5, 0.6) is 0 Å². The molecule has 0 saturated carbocycles. The number of rotatable bonds is 0. The molecule has 0 bridgehead atoms. The minimum atomic E-state index is -0.0622. The van der Waals surface area contributed by atoms with Gasteiger partial charge in [-0.3, -0.25) is 9.89 Å². The van der Waals surface area contributed by atoms with Crippen LogP contribution in [0.25, 0.3) is 0 Å². The molecule has 0 aromatic heterocycles. The highest BCUT2D eigenvalue weighted by molar-refractivity contribution is 8.13. The van der Waals surface area contributed by atoms with Crippen molar-refractivity contribution in [2.45, 2.75) is 38.4 Å². The summed E-state index contributed by atoms with van der Waals surface area (Å²) in [5.41, 5.74) is 2.37. The molecule has 96 valence electrons. The molecule has 0 spiro atoms. The van der Waals surface area contributed by atoms with Gasteiger partial charge in [0.2, 0.25) is 0 Å². The molecule has 3 rings (SSSR count). The van der Waals surface area contributed by atoms with E-state index in [4.69, 9.17) is 4.99 Å². The van der Waals surface area contributed by atoms with Crippen LogP contribution in [0.15, 0.2) is 29.3 Å². The largest absolute Gasteiger partial charge is 0.361 e. The third-order valence-electron chi connectivity index (χ3n) is 3.59. The molecule has 1 aromatic rings. The highest BCUT2D eigenvalue weighted by atomic mass is 32.2. The van der Waals surface area contributed by atoms with Gasteiger partial charge in [-0.15, -0.1) is 0 Å². The Balaban J connectivity index is 2.15. The first-order valence-electron chi connectivity index (χ1n) is 6.26. The molecule has 0 fully saturated rings. The van der Waals surface area contributed by atoms with Crippen LogP contribution in [-0.4, -0.2) is 22.6 Å². The second kappa shape index (κ2) is 3.67. The van der Waals surface area contributed by atoms with E-state index >= 15 is 0 Å². The van der Waals surface area contributed by atoms with Crippen LogP contribution in [0.3, 0.4) is 0 Å². The molecule has 1 atom stereocenters. The highest BCUT2D eigenvalue weighted by Crippen LogP contribution is 2.47. The lowest BCUT2D eigenvalue weighted by molar-refractivity contribution is 0.353. The Labute approximate surface area is 113 Å². The van der Waals surface area contributed by atoms with E-state index in [0.29, 0.717) is 0 Å². The minimum absolute atomic E-state index is 0.0152. The third kappa shape index (κ3) is 1.62. The summed E-state index contributed by atoms with van der Waals surface area (Å²) in [6.45, 7) is 6.67. The van der Waals surface area contributed by atoms with Crippen molar-refractivity contribution in [3.05, 3.63) is 24.3 Å². The molecule has 0 unspecified atom stereocenters. The zero-order valence-corrected chi connectivity index (χ0v) is 12.1. The summed E-state index contributed by atoms with van der Waals surface area (Å²) in [5.74, 6) is 0. The van der Waals surface area contributed by atoms with Gasteiger partial charge in [-0.25, -0.2) is 0 Å². The molecule has 1 aromatic carbocycles. The molecule has 1 N–H and O–H groups in total. The Morgan fingerprint density at radius 1 is 1.28 bits per heavy atom. The van der Waals surface area contributed by atoms with Crippen LogP contribution in [0.1, 0.15) is 27.2 Å². The Kier molecular flexibility index (Phi) is 2.43. The number of hydrogen-bond acceptors (Lipinski definition) is 4. The van der Waals surface area contributed by atoms with Crippen LogP contribution in [0, 0.1) is 0 Å². The number of anilines is 2. The molecule has 18 heavy (non-hydrogen) atoms. The van der Waals surface area contributed by atoms with Crippen molar-refractivity contribution in [3.8, 4) is 0 Å². The number of nitrogens with zero attached hydrogens (tertiary/aromatic N) is 2. The number of thioether (sulfide) groups is 1. The van der Waals surface area contributed by atoms with Gasteiger partial charge in [-0.2, -0.15) is 0 Å². The summed E-state index contributed by atoms with van der Waals surface area (Å²) in [4.78, 5) is 7.23. The molecule has 0 amide bonds. The van der Waals surface area contributed by atoms with Gasteiger partial charge >= 0.3 is 0 Å². The van der Waals surface area contributed by atoms with Gasteiger partial charge in [0.25, 0.3) is 0 Å². The average molecular weight is 261 g/mol. The van der Waals surface area contributed by atoms with Crippen molar-refractivity contribution in [2.75, 3.05) is 16.5 Å². The Hall–Kier alpha value is -1.16. The van der Waals surface area contributed by atoms with Crippen LogP contribution < -0.4 is 10.2 Å². The maximum absolute atomic E-state index is 4.88. The van der Waals surface area contributed by atoms with Crippen LogP contribution in [0.4, 0.5) is 11.4 Å². The number of fused-ring (bicyclic) bond motifs is 3. The van der Waals surface area contributed by atoms with E-state index < -0.39 is 0 Å². The summed E-state index contributed by atoms with van der Waals surface area (Å²) in [5, 5.41) is 4.77. The normalized spacial score (nSPS) is 28.2. The van der Waals surface area contributed by atoms with Crippen LogP contribution in [0.2, 0.25) is 0 Å². The summed E-state index contributed by atoms with van der Waals surface area (Å²) in [7, 11) is 0. The molecule has 3 nitrogen and oxygen atoms in total. The number of aliphatic imine (C=N–C) groups is 1. The van der Waals surface area contributed by atoms with E-state index in [0.717, 1.165) is 11.6 Å². The van der Waals surface area contributed by atoms with Crippen LogP contribution >= 0.6 is 11.8 Å². The maximum Gasteiger partial charge on any atom is 0.165 e. The maximum atomic E-state index is 4.88. The molecule has 2 aliphatic heterocycles. The van der Waals surface area contributed by atoms with Crippen molar-refractivity contribution < 1.29 is 0 Å². The Bertz CT molecular complexity index is 524. The molecule has 2 heterocycles. The summed E-state index contributed by atoms with van der Waals surface area (Å²) < 4.78 is 0. The first-order chi connectivity index (χ1) is 8.45. The number of benzene rings is 1. The fourth-order valence-corrected chi connectivity index (χ4v) is 3.97. The van der Waals surface area contributed by atoms with Crippen molar-refractivity contribution in [1.82, 2.24) is 0 Å². The standard InChI is InChI=1S/C14H19N3S/c1-13(2)9-14(3)15-10-7-5-6-8-11(10)17(14)12(16-13)18-4/h5-8,15H,9H2,1-4H3/t14-/m0/s1. The van der Waals surface area contributed by atoms with Crippen molar-refractivity contribution in [1.29, 1.82) is 0 Å². The minimum Gasteiger partial charge on any atom is -0.361 e. The van der Waals surface area contributed by atoms with E-state index in [1.165, 1.54) is 11.4 Å². The summed E-state index contributed by atoms with van der Waals surface area (Å²) in [6.07, 6.45) is 3.10. The van der Waals surface area contributed by atoms with Gasteiger partial charge in [0, 0.05) is 6.42 Å². The predicted molar refractivity (Wildman–Crippen MR) is 80.6 cm³/mol. The van der Waals surface area contributed by atoms with Gasteiger partial charge in [-0.05, 0) is 39.2 Å².